The molecule has 3 nitrogen and oxygen atoms in total. The van der Waals surface area contributed by atoms with E-state index in [2.05, 4.69) is 0 Å². The number of aliphatic hydroxyl groups is 1. The molecule has 24 heavy (non-hydrogen) atoms. The third-order valence-corrected chi connectivity index (χ3v) is 3.55. The Labute approximate surface area is 142 Å². The number of allylic oxidation sites excluding steroid dienone is 2. The molecule has 2 aromatic rings. The number of carbonyl (C=O) groups is 1. The zero-order valence-corrected chi connectivity index (χ0v) is 13.8. The lowest BCUT2D eigenvalue weighted by Gasteiger charge is -2.05. The summed E-state index contributed by atoms with van der Waals surface area (Å²) in [5.74, 6) is -0.307. The van der Waals surface area contributed by atoms with Gasteiger partial charge in [-0.15, -0.1) is 0 Å². The zero-order valence-electron chi connectivity index (χ0n) is 13.8. The second kappa shape index (κ2) is 9.48. The minimum atomic E-state index is -0.619. The number of ether oxygens (including phenoxy) is 1. The monoisotopic (exact) mass is 322 g/mol. The molecular weight excluding hydrogens is 300 g/mol. The van der Waals surface area contributed by atoms with Gasteiger partial charge >= 0.3 is 5.97 Å². The molecule has 0 aliphatic carbocycles. The van der Waals surface area contributed by atoms with Gasteiger partial charge in [0.25, 0.3) is 0 Å². The molecule has 0 aliphatic rings. The van der Waals surface area contributed by atoms with Crippen molar-refractivity contribution in [3.63, 3.8) is 0 Å². The van der Waals surface area contributed by atoms with Crippen LogP contribution in [0.5, 0.6) is 0 Å². The standard InChI is InChI=1S/C21H22O3/c1-17(9-8-14-20(22)18-10-4-2-5-11-18)15-16-24-21(23)19-12-6-3-7-13-19/h2-14,20,22H,15-16H2,1H3/b14-8+,17-9+/t20-/m1/s1. The molecule has 2 aromatic carbocycles. The molecule has 0 fully saturated rings. The molecular formula is C21H22O3. The topological polar surface area (TPSA) is 46.5 Å². The Morgan fingerprint density at radius 1 is 1.08 bits per heavy atom. The summed E-state index contributed by atoms with van der Waals surface area (Å²) in [7, 11) is 0. The van der Waals surface area contributed by atoms with E-state index in [4.69, 9.17) is 4.74 Å². The molecule has 0 bridgehead atoms. The fraction of sp³-hybridized carbons (Fsp3) is 0.190. The molecule has 1 N–H and O–H groups in total. The van der Waals surface area contributed by atoms with Gasteiger partial charge in [0.15, 0.2) is 0 Å². The maximum atomic E-state index is 11.8. The summed E-state index contributed by atoms with van der Waals surface area (Å²) in [6.45, 7) is 2.31. The Morgan fingerprint density at radius 3 is 2.38 bits per heavy atom. The van der Waals surface area contributed by atoms with Crippen molar-refractivity contribution in [3.8, 4) is 0 Å². The van der Waals surface area contributed by atoms with Crippen LogP contribution >= 0.6 is 0 Å². The Morgan fingerprint density at radius 2 is 1.71 bits per heavy atom. The first-order chi connectivity index (χ1) is 11.7. The van der Waals surface area contributed by atoms with Gasteiger partial charge in [-0.2, -0.15) is 0 Å². The molecule has 0 aromatic heterocycles. The Kier molecular flexibility index (Phi) is 6.99. The predicted octanol–water partition coefficient (Wildman–Crippen LogP) is 4.47. The van der Waals surface area contributed by atoms with Gasteiger partial charge in [0, 0.05) is 6.42 Å². The van der Waals surface area contributed by atoms with Crippen LogP contribution in [0.15, 0.2) is 84.5 Å². The number of hydrogen-bond donors (Lipinski definition) is 1. The number of rotatable bonds is 7. The Bertz CT molecular complexity index is 688. The molecule has 124 valence electrons. The van der Waals surface area contributed by atoms with E-state index in [1.807, 2.05) is 67.6 Å². The van der Waals surface area contributed by atoms with Crippen LogP contribution in [-0.2, 0) is 4.74 Å². The number of carbonyl (C=O) groups excluding carboxylic acids is 1. The molecule has 0 aliphatic heterocycles. The first kappa shape index (κ1) is 17.7. The minimum Gasteiger partial charge on any atom is -0.462 e. The third-order valence-electron chi connectivity index (χ3n) is 3.55. The van der Waals surface area contributed by atoms with E-state index in [9.17, 15) is 9.90 Å². The second-order valence-corrected chi connectivity index (χ2v) is 5.51. The average Bonchev–Trinajstić information content (AvgIpc) is 2.63. The van der Waals surface area contributed by atoms with Crippen LogP contribution in [-0.4, -0.2) is 17.7 Å². The van der Waals surface area contributed by atoms with Crippen LogP contribution in [0.2, 0.25) is 0 Å². The van der Waals surface area contributed by atoms with Gasteiger partial charge in [0.05, 0.1) is 18.3 Å². The van der Waals surface area contributed by atoms with E-state index in [0.717, 1.165) is 11.1 Å². The summed E-state index contributed by atoms with van der Waals surface area (Å²) in [5.41, 5.74) is 2.49. The molecule has 0 heterocycles. The molecule has 0 amide bonds. The minimum absolute atomic E-state index is 0.307. The van der Waals surface area contributed by atoms with E-state index in [-0.39, 0.29) is 5.97 Å². The highest BCUT2D eigenvalue weighted by atomic mass is 16.5. The Balaban J connectivity index is 1.76. The number of hydrogen-bond acceptors (Lipinski definition) is 3. The van der Waals surface area contributed by atoms with Gasteiger partial charge in [-0.3, -0.25) is 0 Å². The second-order valence-electron chi connectivity index (χ2n) is 5.51. The third kappa shape index (κ3) is 5.86. The fourth-order valence-electron chi connectivity index (χ4n) is 2.13. The molecule has 0 radical (unpaired) electrons. The van der Waals surface area contributed by atoms with Crippen molar-refractivity contribution in [1.82, 2.24) is 0 Å². The van der Waals surface area contributed by atoms with E-state index in [1.165, 1.54) is 0 Å². The van der Waals surface area contributed by atoms with Crippen molar-refractivity contribution in [2.75, 3.05) is 6.61 Å². The summed E-state index contributed by atoms with van der Waals surface area (Å²) in [6.07, 6.45) is 5.51. The lowest BCUT2D eigenvalue weighted by atomic mass is 10.1. The molecule has 1 atom stereocenters. The van der Waals surface area contributed by atoms with Crippen LogP contribution in [0.1, 0.15) is 35.4 Å². The van der Waals surface area contributed by atoms with Crippen LogP contribution in [0.3, 0.4) is 0 Å². The normalized spacial score (nSPS) is 13.0. The number of esters is 1. The van der Waals surface area contributed by atoms with Crippen molar-refractivity contribution >= 4 is 5.97 Å². The van der Waals surface area contributed by atoms with Gasteiger partial charge in [0.2, 0.25) is 0 Å². The molecule has 2 rings (SSSR count). The molecule has 0 saturated carbocycles. The van der Waals surface area contributed by atoms with Crippen molar-refractivity contribution in [1.29, 1.82) is 0 Å². The molecule has 3 heteroatoms. The van der Waals surface area contributed by atoms with Crippen LogP contribution in [0.4, 0.5) is 0 Å². The highest BCUT2D eigenvalue weighted by molar-refractivity contribution is 5.89. The zero-order chi connectivity index (χ0) is 17.2. The van der Waals surface area contributed by atoms with E-state index >= 15 is 0 Å². The first-order valence-corrected chi connectivity index (χ1v) is 7.96. The molecule has 0 saturated heterocycles. The van der Waals surface area contributed by atoms with Gasteiger partial charge in [-0.1, -0.05) is 72.3 Å². The smallest absolute Gasteiger partial charge is 0.338 e. The van der Waals surface area contributed by atoms with Crippen LogP contribution < -0.4 is 0 Å². The van der Waals surface area contributed by atoms with Crippen molar-refractivity contribution in [2.45, 2.75) is 19.4 Å². The van der Waals surface area contributed by atoms with Crippen LogP contribution in [0.25, 0.3) is 0 Å². The maximum absolute atomic E-state index is 11.8. The molecule has 0 unspecified atom stereocenters. The SMILES string of the molecule is C/C(=C\C=C\[C@@H](O)c1ccccc1)CCOC(=O)c1ccccc1. The van der Waals surface area contributed by atoms with Gasteiger partial charge < -0.3 is 9.84 Å². The maximum Gasteiger partial charge on any atom is 0.338 e. The average molecular weight is 322 g/mol. The van der Waals surface area contributed by atoms with Gasteiger partial charge in [-0.25, -0.2) is 4.79 Å². The summed E-state index contributed by atoms with van der Waals surface area (Å²) < 4.78 is 5.24. The summed E-state index contributed by atoms with van der Waals surface area (Å²) in [6, 6.07) is 18.4. The van der Waals surface area contributed by atoms with Gasteiger partial charge in [-0.05, 0) is 24.6 Å². The summed E-state index contributed by atoms with van der Waals surface area (Å²) >= 11 is 0. The van der Waals surface area contributed by atoms with Crippen LogP contribution in [0, 0.1) is 0 Å². The summed E-state index contributed by atoms with van der Waals surface area (Å²) in [5, 5.41) is 10.0. The van der Waals surface area contributed by atoms with E-state index in [0.29, 0.717) is 18.6 Å². The number of aliphatic hydroxyl groups excluding tert-OH is 1. The van der Waals surface area contributed by atoms with E-state index in [1.54, 1.807) is 18.2 Å². The van der Waals surface area contributed by atoms with Crippen molar-refractivity contribution < 1.29 is 14.6 Å². The Hall–Kier alpha value is -2.65. The first-order valence-electron chi connectivity index (χ1n) is 7.96. The lowest BCUT2D eigenvalue weighted by molar-refractivity contribution is 0.0509. The highest BCUT2D eigenvalue weighted by Gasteiger charge is 2.05. The fourth-order valence-corrected chi connectivity index (χ4v) is 2.13. The molecule has 0 spiro atoms. The van der Waals surface area contributed by atoms with Crippen molar-refractivity contribution in [3.05, 3.63) is 95.6 Å². The largest absolute Gasteiger partial charge is 0.462 e. The quantitative estimate of drug-likeness (QED) is 0.604. The number of benzene rings is 2. The highest BCUT2D eigenvalue weighted by Crippen LogP contribution is 2.13. The van der Waals surface area contributed by atoms with E-state index < -0.39 is 6.10 Å². The lowest BCUT2D eigenvalue weighted by Crippen LogP contribution is -2.06. The van der Waals surface area contributed by atoms with Gasteiger partial charge in [0.1, 0.15) is 0 Å². The summed E-state index contributed by atoms with van der Waals surface area (Å²) in [4.78, 5) is 11.8. The van der Waals surface area contributed by atoms with Crippen molar-refractivity contribution in [2.24, 2.45) is 0 Å². The predicted molar refractivity (Wildman–Crippen MR) is 95.6 cm³/mol.